The van der Waals surface area contributed by atoms with Crippen molar-refractivity contribution >= 4 is 50.6 Å². The van der Waals surface area contributed by atoms with Crippen molar-refractivity contribution in [3.05, 3.63) is 78.9 Å². The number of para-hydroxylation sites is 2. The number of allylic oxidation sites excluding steroid dienone is 4. The summed E-state index contributed by atoms with van der Waals surface area (Å²) in [6, 6.07) is 21.8. The molecule has 0 bridgehead atoms. The van der Waals surface area contributed by atoms with Crippen LogP contribution < -0.4 is 5.32 Å². The van der Waals surface area contributed by atoms with Gasteiger partial charge in [-0.3, -0.25) is 0 Å². The number of hydrogen-bond acceptors (Lipinski definition) is 2. The topological polar surface area (TPSA) is 17.0 Å². The molecule has 0 fully saturated rings. The summed E-state index contributed by atoms with van der Waals surface area (Å²) in [4.78, 5) is 2.59. The molecule has 2 heterocycles. The monoisotopic (exact) mass is 366 g/mol. The minimum Gasteiger partial charge on any atom is -0.354 e. The van der Waals surface area contributed by atoms with E-state index in [0.29, 0.717) is 0 Å². The van der Waals surface area contributed by atoms with Gasteiger partial charge in [-0.25, -0.2) is 0 Å². The molecule has 1 N–H and O–H groups in total. The number of benzene rings is 3. The molecule has 2 aliphatic rings. The van der Waals surface area contributed by atoms with E-state index in [-0.39, 0.29) is 0 Å². The molecule has 3 heteroatoms. The second-order valence-corrected chi connectivity index (χ2v) is 8.08. The Morgan fingerprint density at radius 1 is 0.815 bits per heavy atom. The molecule has 1 aromatic heterocycles. The van der Waals surface area contributed by atoms with E-state index in [4.69, 9.17) is 0 Å². The van der Waals surface area contributed by atoms with Crippen molar-refractivity contribution in [1.82, 2.24) is 4.57 Å². The van der Waals surface area contributed by atoms with Gasteiger partial charge in [0, 0.05) is 21.4 Å². The van der Waals surface area contributed by atoms with E-state index in [9.17, 15) is 0 Å². The van der Waals surface area contributed by atoms with Crippen LogP contribution in [0.5, 0.6) is 0 Å². The standard InChI is InChI=1S/C24H18N2S/c1-2-8-16(9-3-1)26-21-12-6-4-10-17(21)18-14-15-20-24(23(18)26)27-22-13-7-5-11-19(22)25-20/h2,4-15,25H,1,3H2. The fraction of sp³-hybridized carbons (Fsp3) is 0.0833. The van der Waals surface area contributed by atoms with Gasteiger partial charge in [0.25, 0.3) is 0 Å². The molecule has 0 amide bonds. The van der Waals surface area contributed by atoms with Gasteiger partial charge in [0.05, 0.1) is 27.3 Å². The Labute approximate surface area is 162 Å². The first-order valence-electron chi connectivity index (χ1n) is 9.37. The number of nitrogens with zero attached hydrogens (tertiary/aromatic N) is 1. The first kappa shape index (κ1) is 15.2. The first-order chi connectivity index (χ1) is 13.4. The third-order valence-corrected chi connectivity index (χ3v) is 6.59. The molecule has 27 heavy (non-hydrogen) atoms. The van der Waals surface area contributed by atoms with Gasteiger partial charge in [-0.15, -0.1) is 0 Å². The summed E-state index contributed by atoms with van der Waals surface area (Å²) in [6.07, 6.45) is 9.14. The molecular weight excluding hydrogens is 348 g/mol. The highest BCUT2D eigenvalue weighted by molar-refractivity contribution is 8.00. The maximum atomic E-state index is 3.64. The Morgan fingerprint density at radius 2 is 1.70 bits per heavy atom. The Kier molecular flexibility index (Phi) is 3.26. The van der Waals surface area contributed by atoms with Gasteiger partial charge in [0.1, 0.15) is 0 Å². The van der Waals surface area contributed by atoms with Gasteiger partial charge < -0.3 is 9.88 Å². The Hall–Kier alpha value is -2.91. The quantitative estimate of drug-likeness (QED) is 0.338. The Morgan fingerprint density at radius 3 is 2.63 bits per heavy atom. The van der Waals surface area contributed by atoms with Crippen LogP contribution in [0, 0.1) is 0 Å². The van der Waals surface area contributed by atoms with Crippen LogP contribution in [0.3, 0.4) is 0 Å². The van der Waals surface area contributed by atoms with E-state index >= 15 is 0 Å². The summed E-state index contributed by atoms with van der Waals surface area (Å²) in [5, 5.41) is 6.27. The van der Waals surface area contributed by atoms with Gasteiger partial charge in [-0.05, 0) is 43.2 Å². The van der Waals surface area contributed by atoms with Crippen molar-refractivity contribution < 1.29 is 0 Å². The zero-order chi connectivity index (χ0) is 17.8. The SMILES string of the molecule is C1=CC(n2c3ccccc3c3ccc4c(c32)Sc2ccccc2N4)=CCC1. The highest BCUT2D eigenvalue weighted by atomic mass is 32.2. The predicted molar refractivity (Wildman–Crippen MR) is 116 cm³/mol. The van der Waals surface area contributed by atoms with Crippen LogP contribution in [-0.2, 0) is 0 Å². The van der Waals surface area contributed by atoms with Crippen LogP contribution in [0.4, 0.5) is 11.4 Å². The zero-order valence-electron chi connectivity index (χ0n) is 14.8. The lowest BCUT2D eigenvalue weighted by Gasteiger charge is -2.23. The summed E-state index contributed by atoms with van der Waals surface area (Å²) < 4.78 is 2.45. The van der Waals surface area contributed by atoms with E-state index in [1.54, 1.807) is 0 Å². The highest BCUT2D eigenvalue weighted by Crippen LogP contribution is 2.49. The number of fused-ring (bicyclic) bond motifs is 6. The number of hydrogen-bond donors (Lipinski definition) is 1. The van der Waals surface area contributed by atoms with Gasteiger partial charge in [-0.1, -0.05) is 60.3 Å². The third-order valence-electron chi connectivity index (χ3n) is 5.39. The molecule has 0 unspecified atom stereocenters. The normalized spacial score (nSPS) is 15.3. The summed E-state index contributed by atoms with van der Waals surface area (Å²) in [6.45, 7) is 0. The van der Waals surface area contributed by atoms with Crippen LogP contribution >= 0.6 is 11.8 Å². The Bertz CT molecular complexity index is 1280. The lowest BCUT2D eigenvalue weighted by Crippen LogP contribution is -2.03. The van der Waals surface area contributed by atoms with Crippen molar-refractivity contribution in [2.75, 3.05) is 5.32 Å². The number of aromatic nitrogens is 1. The van der Waals surface area contributed by atoms with Crippen LogP contribution in [0.15, 0.2) is 88.7 Å². The molecule has 0 spiro atoms. The minimum atomic E-state index is 1.10. The maximum Gasteiger partial charge on any atom is 0.0701 e. The molecule has 0 atom stereocenters. The first-order valence-corrected chi connectivity index (χ1v) is 10.2. The predicted octanol–water partition coefficient (Wildman–Crippen LogP) is 7.19. The molecule has 3 aromatic carbocycles. The van der Waals surface area contributed by atoms with E-state index in [0.717, 1.165) is 12.8 Å². The van der Waals surface area contributed by atoms with Crippen molar-refractivity contribution in [2.45, 2.75) is 22.6 Å². The van der Waals surface area contributed by atoms with Crippen LogP contribution in [-0.4, -0.2) is 4.57 Å². The van der Waals surface area contributed by atoms with Gasteiger partial charge in [0.2, 0.25) is 0 Å². The summed E-state index contributed by atoms with van der Waals surface area (Å²) in [7, 11) is 0. The number of nitrogens with one attached hydrogen (secondary N) is 1. The molecule has 130 valence electrons. The molecule has 6 rings (SSSR count). The average Bonchev–Trinajstić information content (AvgIpc) is 3.08. The molecular formula is C24H18N2S. The smallest absolute Gasteiger partial charge is 0.0701 e. The lowest BCUT2D eigenvalue weighted by molar-refractivity contribution is 1.02. The largest absolute Gasteiger partial charge is 0.354 e. The zero-order valence-corrected chi connectivity index (χ0v) is 15.6. The molecule has 2 nitrogen and oxygen atoms in total. The van der Waals surface area contributed by atoms with E-state index in [2.05, 4.69) is 88.8 Å². The summed E-state index contributed by atoms with van der Waals surface area (Å²) >= 11 is 1.87. The van der Waals surface area contributed by atoms with Crippen molar-refractivity contribution in [3.63, 3.8) is 0 Å². The number of anilines is 2. The summed E-state index contributed by atoms with van der Waals surface area (Å²) in [5.74, 6) is 0. The lowest BCUT2D eigenvalue weighted by atomic mass is 10.1. The third kappa shape index (κ3) is 2.22. The molecule has 0 saturated carbocycles. The fourth-order valence-corrected chi connectivity index (χ4v) is 5.30. The van der Waals surface area contributed by atoms with Gasteiger partial charge in [-0.2, -0.15) is 0 Å². The van der Waals surface area contributed by atoms with Crippen molar-refractivity contribution in [1.29, 1.82) is 0 Å². The summed E-state index contributed by atoms with van der Waals surface area (Å²) in [5.41, 5.74) is 6.24. The second kappa shape index (κ2) is 5.80. The van der Waals surface area contributed by atoms with Crippen LogP contribution in [0.2, 0.25) is 0 Å². The van der Waals surface area contributed by atoms with Crippen molar-refractivity contribution in [2.24, 2.45) is 0 Å². The molecule has 4 aromatic rings. The fourth-order valence-electron chi connectivity index (χ4n) is 4.18. The van der Waals surface area contributed by atoms with Gasteiger partial charge in [0.15, 0.2) is 0 Å². The van der Waals surface area contributed by atoms with Crippen molar-refractivity contribution in [3.8, 4) is 0 Å². The van der Waals surface area contributed by atoms with Gasteiger partial charge >= 0.3 is 0 Å². The maximum absolute atomic E-state index is 3.64. The number of rotatable bonds is 1. The minimum absolute atomic E-state index is 1.10. The molecule has 1 aliphatic carbocycles. The average molecular weight is 366 g/mol. The molecule has 0 radical (unpaired) electrons. The van der Waals surface area contributed by atoms with Crippen LogP contribution in [0.25, 0.3) is 27.5 Å². The Balaban J connectivity index is 1.72. The second-order valence-electron chi connectivity index (χ2n) is 7.02. The van der Waals surface area contributed by atoms with Crippen LogP contribution in [0.1, 0.15) is 12.8 Å². The molecule has 1 aliphatic heterocycles. The highest BCUT2D eigenvalue weighted by Gasteiger charge is 2.23. The van der Waals surface area contributed by atoms with E-state index < -0.39 is 0 Å². The van der Waals surface area contributed by atoms with E-state index in [1.165, 1.54) is 48.7 Å². The van der Waals surface area contributed by atoms with E-state index in [1.807, 2.05) is 11.8 Å². The molecule has 0 saturated heterocycles.